The van der Waals surface area contributed by atoms with Crippen LogP contribution in [0.2, 0.25) is 5.02 Å². The fourth-order valence-electron chi connectivity index (χ4n) is 4.35. The summed E-state index contributed by atoms with van der Waals surface area (Å²) < 4.78 is 1.86. The molecule has 1 N–H and O–H groups in total. The van der Waals surface area contributed by atoms with E-state index < -0.39 is 0 Å². The lowest BCUT2D eigenvalue weighted by molar-refractivity contribution is -0.118. The molecule has 0 saturated carbocycles. The van der Waals surface area contributed by atoms with Crippen molar-refractivity contribution in [3.05, 3.63) is 82.0 Å². The molecule has 1 unspecified atom stereocenters. The molecule has 0 radical (unpaired) electrons. The van der Waals surface area contributed by atoms with E-state index >= 15 is 0 Å². The summed E-state index contributed by atoms with van der Waals surface area (Å²) in [6, 6.07) is 17.6. The summed E-state index contributed by atoms with van der Waals surface area (Å²) in [6.45, 7) is 4.27. The van der Waals surface area contributed by atoms with Crippen LogP contribution in [0, 0.1) is 5.41 Å². The summed E-state index contributed by atoms with van der Waals surface area (Å²) in [5.41, 5.74) is 3.79. The van der Waals surface area contributed by atoms with Crippen LogP contribution in [0.1, 0.15) is 43.9 Å². The molecule has 3 aromatic rings. The number of halogens is 1. The van der Waals surface area contributed by atoms with Gasteiger partial charge in [-0.2, -0.15) is 4.98 Å². The fraction of sp³-hybridized carbons (Fsp3) is 0.292. The number of benzene rings is 2. The van der Waals surface area contributed by atoms with Gasteiger partial charge in [0, 0.05) is 28.5 Å². The van der Waals surface area contributed by atoms with E-state index in [4.69, 9.17) is 21.7 Å². The van der Waals surface area contributed by atoms with Gasteiger partial charge in [-0.1, -0.05) is 85.7 Å². The zero-order valence-electron chi connectivity index (χ0n) is 17.4. The molecule has 1 aromatic heterocycles. The van der Waals surface area contributed by atoms with Gasteiger partial charge >= 0.3 is 0 Å². The highest BCUT2D eigenvalue weighted by atomic mass is 35.5. The van der Waals surface area contributed by atoms with Crippen molar-refractivity contribution >= 4 is 35.1 Å². The standard InChI is InChI=1S/C24H23ClN4OS/c1-24(2)12-18-20(19(30)13-24)21(15-8-4-3-5-9-15)29-22(26-18)27-23(28-29)31-14-16-10-6-7-11-17(16)25/h3-11,21H,12-14H2,1-2H3,(H,26,27,28). The first-order valence-corrected chi connectivity index (χ1v) is 11.7. The molecule has 158 valence electrons. The third-order valence-corrected chi connectivity index (χ3v) is 7.00. The number of allylic oxidation sites excluding steroid dienone is 2. The lowest BCUT2D eigenvalue weighted by Gasteiger charge is -2.38. The Labute approximate surface area is 190 Å². The fourth-order valence-corrected chi connectivity index (χ4v) is 5.47. The average molecular weight is 451 g/mol. The number of nitrogens with one attached hydrogen (secondary N) is 1. The van der Waals surface area contributed by atoms with Crippen molar-refractivity contribution in [2.75, 3.05) is 5.32 Å². The van der Waals surface area contributed by atoms with Gasteiger partial charge in [0.25, 0.3) is 0 Å². The zero-order chi connectivity index (χ0) is 21.6. The average Bonchev–Trinajstić information content (AvgIpc) is 3.14. The normalized spacial score (nSPS) is 19.6. The lowest BCUT2D eigenvalue weighted by atomic mass is 9.73. The van der Waals surface area contributed by atoms with Gasteiger partial charge in [-0.3, -0.25) is 4.79 Å². The smallest absolute Gasteiger partial charge is 0.227 e. The molecule has 2 heterocycles. The van der Waals surface area contributed by atoms with E-state index in [1.807, 2.05) is 47.1 Å². The summed E-state index contributed by atoms with van der Waals surface area (Å²) in [7, 11) is 0. The molecule has 1 aliphatic heterocycles. The van der Waals surface area contributed by atoms with Crippen molar-refractivity contribution in [3.8, 4) is 0 Å². The number of nitrogens with zero attached hydrogens (tertiary/aromatic N) is 3. The van der Waals surface area contributed by atoms with Gasteiger partial charge in [0.15, 0.2) is 5.78 Å². The second-order valence-corrected chi connectivity index (χ2v) is 10.2. The van der Waals surface area contributed by atoms with Crippen LogP contribution < -0.4 is 5.32 Å². The first-order chi connectivity index (χ1) is 14.9. The third-order valence-electron chi connectivity index (χ3n) is 5.74. The molecule has 5 rings (SSSR count). The SMILES string of the molecule is CC1(C)CC(=O)C2=C(C1)Nc1nc(SCc3ccccc3Cl)nn1C2c1ccccc1. The monoisotopic (exact) mass is 450 g/mol. The van der Waals surface area contributed by atoms with Gasteiger partial charge in [0.1, 0.15) is 6.04 Å². The summed E-state index contributed by atoms with van der Waals surface area (Å²) in [5, 5.41) is 9.62. The maximum atomic E-state index is 13.2. The number of carbonyl (C=O) groups is 1. The van der Waals surface area contributed by atoms with Crippen LogP contribution in [0.3, 0.4) is 0 Å². The van der Waals surface area contributed by atoms with Crippen LogP contribution in [0.5, 0.6) is 0 Å². The molecule has 1 aliphatic carbocycles. The van der Waals surface area contributed by atoms with Crippen LogP contribution >= 0.6 is 23.4 Å². The van der Waals surface area contributed by atoms with E-state index in [-0.39, 0.29) is 17.2 Å². The van der Waals surface area contributed by atoms with E-state index in [1.54, 1.807) is 11.8 Å². The van der Waals surface area contributed by atoms with Gasteiger partial charge < -0.3 is 5.32 Å². The maximum Gasteiger partial charge on any atom is 0.227 e. The first kappa shape index (κ1) is 20.3. The minimum Gasteiger partial charge on any atom is -0.328 e. The Morgan fingerprint density at radius 2 is 1.87 bits per heavy atom. The number of anilines is 1. The molecule has 31 heavy (non-hydrogen) atoms. The molecule has 1 atom stereocenters. The number of Topliss-reactive ketones (excluding diaryl/α,β-unsaturated/α-hetero) is 1. The van der Waals surface area contributed by atoms with Crippen molar-refractivity contribution < 1.29 is 4.79 Å². The van der Waals surface area contributed by atoms with Gasteiger partial charge in [0.05, 0.1) is 0 Å². The number of fused-ring (bicyclic) bond motifs is 1. The number of thioether (sulfide) groups is 1. The number of aromatic nitrogens is 3. The number of hydrogen-bond donors (Lipinski definition) is 1. The van der Waals surface area contributed by atoms with Crippen LogP contribution in [-0.4, -0.2) is 20.5 Å². The Morgan fingerprint density at radius 3 is 2.65 bits per heavy atom. The molecule has 7 heteroatoms. The highest BCUT2D eigenvalue weighted by Crippen LogP contribution is 2.45. The van der Waals surface area contributed by atoms with Gasteiger partial charge in [-0.05, 0) is 29.0 Å². The molecule has 0 spiro atoms. The van der Waals surface area contributed by atoms with E-state index in [2.05, 4.69) is 31.3 Å². The minimum atomic E-state index is -0.266. The quantitative estimate of drug-likeness (QED) is 0.503. The van der Waals surface area contributed by atoms with Crippen molar-refractivity contribution in [2.45, 2.75) is 43.6 Å². The van der Waals surface area contributed by atoms with Gasteiger partial charge in [0.2, 0.25) is 11.1 Å². The predicted octanol–water partition coefficient (Wildman–Crippen LogP) is 5.88. The van der Waals surface area contributed by atoms with Crippen LogP contribution in [0.25, 0.3) is 0 Å². The number of ketones is 1. The summed E-state index contributed by atoms with van der Waals surface area (Å²) in [6.07, 6.45) is 1.35. The molecule has 0 amide bonds. The molecule has 0 bridgehead atoms. The highest BCUT2D eigenvalue weighted by Gasteiger charge is 2.41. The van der Waals surface area contributed by atoms with Crippen molar-refractivity contribution in [3.63, 3.8) is 0 Å². The summed E-state index contributed by atoms with van der Waals surface area (Å²) >= 11 is 7.85. The number of carbonyl (C=O) groups excluding carboxylic acids is 1. The van der Waals surface area contributed by atoms with E-state index in [0.29, 0.717) is 23.3 Å². The second-order valence-electron chi connectivity index (χ2n) is 8.81. The van der Waals surface area contributed by atoms with E-state index in [1.165, 1.54) is 0 Å². The number of rotatable bonds is 4. The highest BCUT2D eigenvalue weighted by molar-refractivity contribution is 7.98. The summed E-state index contributed by atoms with van der Waals surface area (Å²) in [5.74, 6) is 1.54. The molecule has 2 aromatic carbocycles. The Morgan fingerprint density at radius 1 is 1.13 bits per heavy atom. The minimum absolute atomic E-state index is 0.0754. The molecule has 0 fully saturated rings. The van der Waals surface area contributed by atoms with Crippen LogP contribution in [0.15, 0.2) is 71.0 Å². The van der Waals surface area contributed by atoms with Crippen molar-refractivity contribution in [2.24, 2.45) is 5.41 Å². The van der Waals surface area contributed by atoms with Gasteiger partial charge in [-0.25, -0.2) is 4.68 Å². The molecule has 0 saturated heterocycles. The van der Waals surface area contributed by atoms with Crippen molar-refractivity contribution in [1.29, 1.82) is 0 Å². The largest absolute Gasteiger partial charge is 0.328 e. The van der Waals surface area contributed by atoms with Crippen LogP contribution in [-0.2, 0) is 10.5 Å². The molecular formula is C24H23ClN4OS. The Kier molecular flexibility index (Phi) is 5.15. The Balaban J connectivity index is 1.52. The zero-order valence-corrected chi connectivity index (χ0v) is 19.0. The second kappa shape index (κ2) is 7.84. The third kappa shape index (κ3) is 3.90. The van der Waals surface area contributed by atoms with Crippen LogP contribution in [0.4, 0.5) is 5.95 Å². The van der Waals surface area contributed by atoms with Crippen molar-refractivity contribution in [1.82, 2.24) is 14.8 Å². The predicted molar refractivity (Wildman–Crippen MR) is 124 cm³/mol. The molecular weight excluding hydrogens is 428 g/mol. The molecule has 5 nitrogen and oxygen atoms in total. The first-order valence-electron chi connectivity index (χ1n) is 10.3. The topological polar surface area (TPSA) is 59.8 Å². The van der Waals surface area contributed by atoms with E-state index in [9.17, 15) is 4.79 Å². The number of hydrogen-bond acceptors (Lipinski definition) is 5. The maximum absolute atomic E-state index is 13.2. The van der Waals surface area contributed by atoms with Gasteiger partial charge in [-0.15, -0.1) is 5.10 Å². The Hall–Kier alpha value is -2.57. The Bertz CT molecular complexity index is 1190. The van der Waals surface area contributed by atoms with E-state index in [0.717, 1.165) is 33.8 Å². The lowest BCUT2D eigenvalue weighted by Crippen LogP contribution is -2.36. The molecule has 2 aliphatic rings. The summed E-state index contributed by atoms with van der Waals surface area (Å²) in [4.78, 5) is 18.0.